The summed E-state index contributed by atoms with van der Waals surface area (Å²) in [5.41, 5.74) is 3.36. The number of piperidine rings is 1. The van der Waals surface area contributed by atoms with Gasteiger partial charge in [0.1, 0.15) is 5.76 Å². The minimum Gasteiger partial charge on any atom is -0.364 e. The Kier molecular flexibility index (Phi) is 3.63. The van der Waals surface area contributed by atoms with E-state index >= 15 is 0 Å². The van der Waals surface area contributed by atoms with Crippen LogP contribution in [0.3, 0.4) is 0 Å². The predicted molar refractivity (Wildman–Crippen MR) is 101 cm³/mol. The third-order valence-corrected chi connectivity index (χ3v) is 5.83. The number of hydrogen-bond donors (Lipinski definition) is 0. The van der Waals surface area contributed by atoms with Crippen LogP contribution in [-0.2, 0) is 0 Å². The summed E-state index contributed by atoms with van der Waals surface area (Å²) in [4.78, 5) is 26.0. The molecule has 1 aromatic carbocycles. The van der Waals surface area contributed by atoms with Gasteiger partial charge in [-0.15, -0.1) is 0 Å². The van der Waals surface area contributed by atoms with Crippen molar-refractivity contribution in [3.05, 3.63) is 48.1 Å². The number of benzene rings is 1. The predicted octanol–water partition coefficient (Wildman–Crippen LogP) is 2.81. The van der Waals surface area contributed by atoms with E-state index in [1.165, 1.54) is 0 Å². The molecule has 0 aliphatic carbocycles. The number of aromatic nitrogens is 3. The highest BCUT2D eigenvalue weighted by Crippen LogP contribution is 2.42. The lowest BCUT2D eigenvalue weighted by Gasteiger charge is -2.58. The van der Waals surface area contributed by atoms with Crippen LogP contribution in [0.1, 0.15) is 35.5 Å². The Morgan fingerprint density at radius 3 is 2.70 bits per heavy atom. The molecule has 27 heavy (non-hydrogen) atoms. The third kappa shape index (κ3) is 2.65. The largest absolute Gasteiger partial charge is 0.364 e. The van der Waals surface area contributed by atoms with Crippen LogP contribution in [-0.4, -0.2) is 51.1 Å². The van der Waals surface area contributed by atoms with Crippen LogP contribution in [0.25, 0.3) is 11.0 Å². The lowest BCUT2D eigenvalue weighted by molar-refractivity contribution is 0.0554. The fraction of sp³-hybridized carbons (Fsp3) is 0.400. The Morgan fingerprint density at radius 2 is 1.96 bits per heavy atom. The van der Waals surface area contributed by atoms with Crippen LogP contribution in [0.4, 0.5) is 5.69 Å². The number of anilines is 1. The van der Waals surface area contributed by atoms with E-state index in [2.05, 4.69) is 32.2 Å². The van der Waals surface area contributed by atoms with Crippen LogP contribution >= 0.6 is 0 Å². The quantitative estimate of drug-likeness (QED) is 0.697. The van der Waals surface area contributed by atoms with Gasteiger partial charge in [0, 0.05) is 43.8 Å². The SMILES string of the molecule is Cc1cc(C(=O)N2CCC[C@@]3(CCN3c3ccc4nccnc4c3)C2)no1. The molecule has 7 heteroatoms. The number of nitrogens with zero attached hydrogens (tertiary/aromatic N) is 5. The second kappa shape index (κ2) is 6.04. The van der Waals surface area contributed by atoms with E-state index in [0.717, 1.165) is 55.6 Å². The number of hydrogen-bond acceptors (Lipinski definition) is 6. The highest BCUT2D eigenvalue weighted by molar-refractivity contribution is 5.92. The van der Waals surface area contributed by atoms with Gasteiger partial charge in [0.25, 0.3) is 5.91 Å². The summed E-state index contributed by atoms with van der Waals surface area (Å²) < 4.78 is 5.08. The van der Waals surface area contributed by atoms with Crippen molar-refractivity contribution in [1.82, 2.24) is 20.0 Å². The third-order valence-electron chi connectivity index (χ3n) is 5.83. The van der Waals surface area contributed by atoms with Crippen molar-refractivity contribution in [1.29, 1.82) is 0 Å². The Labute approximate surface area is 157 Å². The molecule has 1 spiro atoms. The van der Waals surface area contributed by atoms with Crippen molar-refractivity contribution in [2.75, 3.05) is 24.5 Å². The molecule has 1 amide bonds. The Morgan fingerprint density at radius 1 is 1.11 bits per heavy atom. The molecule has 0 radical (unpaired) electrons. The first-order chi connectivity index (χ1) is 13.1. The summed E-state index contributed by atoms with van der Waals surface area (Å²) in [6, 6.07) is 7.95. The van der Waals surface area contributed by atoms with Crippen LogP contribution in [0.5, 0.6) is 0 Å². The van der Waals surface area contributed by atoms with Crippen molar-refractivity contribution in [2.45, 2.75) is 31.7 Å². The number of carbonyl (C=O) groups excluding carboxylic acids is 1. The zero-order chi connectivity index (χ0) is 18.4. The Bertz CT molecular complexity index is 1020. The molecule has 0 saturated carbocycles. The smallest absolute Gasteiger partial charge is 0.276 e. The maximum atomic E-state index is 12.8. The first kappa shape index (κ1) is 16.2. The molecule has 4 heterocycles. The van der Waals surface area contributed by atoms with Crippen molar-refractivity contribution in [3.8, 4) is 0 Å². The fourth-order valence-corrected chi connectivity index (χ4v) is 4.40. The summed E-state index contributed by atoms with van der Waals surface area (Å²) >= 11 is 0. The lowest BCUT2D eigenvalue weighted by atomic mass is 9.77. The van der Waals surface area contributed by atoms with E-state index in [1.54, 1.807) is 25.4 Å². The minimum atomic E-state index is -0.0397. The van der Waals surface area contributed by atoms with Gasteiger partial charge in [-0.2, -0.15) is 0 Å². The summed E-state index contributed by atoms with van der Waals surface area (Å²) in [6.45, 7) is 4.29. The molecule has 2 aliphatic rings. The standard InChI is InChI=1S/C20H21N5O2/c1-14-11-18(23-27-14)19(26)24-9-2-5-20(13-24)6-10-25(20)15-3-4-16-17(12-15)22-8-7-21-16/h3-4,7-8,11-12H,2,5-6,9-10,13H2,1H3/t20-/m1/s1. The van der Waals surface area contributed by atoms with Crippen LogP contribution in [0, 0.1) is 6.92 Å². The van der Waals surface area contributed by atoms with Gasteiger partial charge in [-0.1, -0.05) is 5.16 Å². The van der Waals surface area contributed by atoms with Crippen molar-refractivity contribution >= 4 is 22.6 Å². The zero-order valence-corrected chi connectivity index (χ0v) is 15.3. The molecule has 138 valence electrons. The van der Waals surface area contributed by atoms with Gasteiger partial charge in [-0.05, 0) is 44.4 Å². The monoisotopic (exact) mass is 363 g/mol. The van der Waals surface area contributed by atoms with E-state index in [1.807, 2.05) is 11.0 Å². The molecule has 2 saturated heterocycles. The second-order valence-corrected chi connectivity index (χ2v) is 7.51. The molecule has 0 bridgehead atoms. The molecular weight excluding hydrogens is 342 g/mol. The molecule has 1 atom stereocenters. The molecule has 2 fully saturated rings. The van der Waals surface area contributed by atoms with Gasteiger partial charge in [-0.3, -0.25) is 14.8 Å². The summed E-state index contributed by atoms with van der Waals surface area (Å²) in [5, 5.41) is 3.90. The van der Waals surface area contributed by atoms with Gasteiger partial charge in [0.05, 0.1) is 16.6 Å². The number of carbonyl (C=O) groups is 1. The van der Waals surface area contributed by atoms with Gasteiger partial charge >= 0.3 is 0 Å². The molecule has 5 rings (SSSR count). The number of likely N-dealkylation sites (tertiary alicyclic amines) is 1. The maximum absolute atomic E-state index is 12.8. The average molecular weight is 363 g/mol. The topological polar surface area (TPSA) is 75.4 Å². The zero-order valence-electron chi connectivity index (χ0n) is 15.3. The summed E-state index contributed by atoms with van der Waals surface area (Å²) in [6.07, 6.45) is 6.61. The average Bonchev–Trinajstić information content (AvgIpc) is 3.13. The van der Waals surface area contributed by atoms with E-state index in [0.29, 0.717) is 11.5 Å². The maximum Gasteiger partial charge on any atom is 0.276 e. The van der Waals surface area contributed by atoms with Gasteiger partial charge in [-0.25, -0.2) is 0 Å². The molecule has 0 unspecified atom stereocenters. The van der Waals surface area contributed by atoms with Crippen LogP contribution < -0.4 is 4.90 Å². The van der Waals surface area contributed by atoms with Crippen molar-refractivity contribution in [2.24, 2.45) is 0 Å². The highest BCUT2D eigenvalue weighted by Gasteiger charge is 2.48. The van der Waals surface area contributed by atoms with Gasteiger partial charge in [0.15, 0.2) is 5.69 Å². The first-order valence-electron chi connectivity index (χ1n) is 9.36. The molecular formula is C20H21N5O2. The minimum absolute atomic E-state index is 0.00256. The van der Waals surface area contributed by atoms with Gasteiger partial charge in [0.2, 0.25) is 0 Å². The number of aryl methyl sites for hydroxylation is 1. The Balaban J connectivity index is 1.40. The molecule has 3 aromatic rings. The Hall–Kier alpha value is -2.96. The highest BCUT2D eigenvalue weighted by atomic mass is 16.5. The van der Waals surface area contributed by atoms with E-state index in [4.69, 9.17) is 4.52 Å². The van der Waals surface area contributed by atoms with Crippen molar-refractivity contribution in [3.63, 3.8) is 0 Å². The van der Waals surface area contributed by atoms with E-state index < -0.39 is 0 Å². The molecule has 2 aromatic heterocycles. The van der Waals surface area contributed by atoms with Crippen LogP contribution in [0.15, 0.2) is 41.2 Å². The van der Waals surface area contributed by atoms with E-state index in [9.17, 15) is 4.79 Å². The number of amides is 1. The fourth-order valence-electron chi connectivity index (χ4n) is 4.40. The van der Waals surface area contributed by atoms with Crippen molar-refractivity contribution < 1.29 is 9.32 Å². The first-order valence-corrected chi connectivity index (χ1v) is 9.36. The number of rotatable bonds is 2. The van der Waals surface area contributed by atoms with Crippen LogP contribution in [0.2, 0.25) is 0 Å². The lowest BCUT2D eigenvalue weighted by Crippen LogP contribution is -2.68. The molecule has 0 N–H and O–H groups in total. The summed E-state index contributed by atoms with van der Waals surface area (Å²) in [7, 11) is 0. The molecule has 7 nitrogen and oxygen atoms in total. The van der Waals surface area contributed by atoms with E-state index in [-0.39, 0.29) is 11.4 Å². The summed E-state index contributed by atoms with van der Waals surface area (Å²) in [5.74, 6) is 0.620. The number of fused-ring (bicyclic) bond motifs is 1. The van der Waals surface area contributed by atoms with Gasteiger partial charge < -0.3 is 14.3 Å². The second-order valence-electron chi connectivity index (χ2n) is 7.51. The normalized spacial score (nSPS) is 22.3. The molecule has 2 aliphatic heterocycles.